The molecule has 0 spiro atoms. The maximum absolute atomic E-state index is 13.6. The van der Waals surface area contributed by atoms with Crippen LogP contribution in [0.5, 0.6) is 5.75 Å². The Morgan fingerprint density at radius 1 is 0.897 bits per heavy atom. The summed E-state index contributed by atoms with van der Waals surface area (Å²) in [5.41, 5.74) is 2.12. The molecule has 6 heteroatoms. The van der Waals surface area contributed by atoms with Crippen molar-refractivity contribution in [2.75, 3.05) is 10.9 Å². The second-order valence-corrected chi connectivity index (χ2v) is 8.32. The zero-order valence-corrected chi connectivity index (χ0v) is 17.4. The molecule has 0 saturated heterocycles. The molecule has 150 valence electrons. The molecule has 3 aromatic carbocycles. The summed E-state index contributed by atoms with van der Waals surface area (Å²) < 4.78 is 33.5. The van der Waals surface area contributed by atoms with E-state index in [4.69, 9.17) is 4.74 Å². The lowest BCUT2D eigenvalue weighted by molar-refractivity contribution is 0.100. The van der Waals surface area contributed by atoms with Crippen molar-refractivity contribution in [3.05, 3.63) is 89.5 Å². The molecule has 0 fully saturated rings. The van der Waals surface area contributed by atoms with E-state index in [1.807, 2.05) is 19.9 Å². The van der Waals surface area contributed by atoms with Crippen LogP contribution in [0.25, 0.3) is 0 Å². The normalized spacial score (nSPS) is 11.1. The van der Waals surface area contributed by atoms with Crippen LogP contribution in [0.3, 0.4) is 0 Å². The summed E-state index contributed by atoms with van der Waals surface area (Å²) in [7, 11) is -4.14. The van der Waals surface area contributed by atoms with E-state index < -0.39 is 15.9 Å². The fraction of sp³-hybridized carbons (Fsp3) is 0.174. The van der Waals surface area contributed by atoms with Gasteiger partial charge in [-0.25, -0.2) is 8.42 Å². The molecule has 1 amide bonds. The third-order valence-electron chi connectivity index (χ3n) is 4.68. The van der Waals surface area contributed by atoms with E-state index in [2.05, 4.69) is 0 Å². The standard InChI is InChI=1S/C23H23NO4S/c1-4-28-22-16-9-8-14-20(22)23(25)24(21-15-10-11-17(2)18(21)3)29(26,27)19-12-6-5-7-13-19/h5-16H,4H2,1-3H3. The van der Waals surface area contributed by atoms with E-state index in [0.717, 1.165) is 9.87 Å². The van der Waals surface area contributed by atoms with Crippen LogP contribution in [0.2, 0.25) is 0 Å². The second kappa shape index (κ2) is 8.49. The van der Waals surface area contributed by atoms with E-state index in [0.29, 0.717) is 23.6 Å². The molecule has 0 unspecified atom stereocenters. The fourth-order valence-electron chi connectivity index (χ4n) is 3.04. The number of rotatable bonds is 6. The van der Waals surface area contributed by atoms with Gasteiger partial charge in [0.2, 0.25) is 0 Å². The molecule has 0 aliphatic rings. The number of para-hydroxylation sites is 1. The summed E-state index contributed by atoms with van der Waals surface area (Å²) in [5, 5.41) is 0. The lowest BCUT2D eigenvalue weighted by Crippen LogP contribution is -2.38. The van der Waals surface area contributed by atoms with Gasteiger partial charge in [0.05, 0.1) is 22.8 Å². The number of nitrogens with zero attached hydrogens (tertiary/aromatic N) is 1. The molecular weight excluding hydrogens is 386 g/mol. The monoisotopic (exact) mass is 409 g/mol. The molecule has 3 aromatic rings. The first-order valence-corrected chi connectivity index (χ1v) is 10.7. The predicted molar refractivity (Wildman–Crippen MR) is 114 cm³/mol. The molecule has 0 N–H and O–H groups in total. The van der Waals surface area contributed by atoms with Crippen molar-refractivity contribution in [2.24, 2.45) is 0 Å². The zero-order chi connectivity index (χ0) is 21.0. The van der Waals surface area contributed by atoms with Crippen LogP contribution in [-0.4, -0.2) is 20.9 Å². The topological polar surface area (TPSA) is 63.7 Å². The number of hydrogen-bond acceptors (Lipinski definition) is 4. The predicted octanol–water partition coefficient (Wildman–Crippen LogP) is 4.74. The van der Waals surface area contributed by atoms with Crippen LogP contribution >= 0.6 is 0 Å². The molecule has 3 rings (SSSR count). The quantitative estimate of drug-likeness (QED) is 0.590. The SMILES string of the molecule is CCOc1ccccc1C(=O)N(c1cccc(C)c1C)S(=O)(=O)c1ccccc1. The molecule has 0 aromatic heterocycles. The highest BCUT2D eigenvalue weighted by Crippen LogP contribution is 2.32. The molecule has 0 radical (unpaired) electrons. The van der Waals surface area contributed by atoms with Gasteiger partial charge in [-0.3, -0.25) is 4.79 Å². The summed E-state index contributed by atoms with van der Waals surface area (Å²) in [6.07, 6.45) is 0. The van der Waals surface area contributed by atoms with Crippen LogP contribution in [-0.2, 0) is 10.0 Å². The first-order valence-electron chi connectivity index (χ1n) is 9.30. The van der Waals surface area contributed by atoms with E-state index in [9.17, 15) is 13.2 Å². The minimum absolute atomic E-state index is 0.0446. The number of carbonyl (C=O) groups excluding carboxylic acids is 1. The number of benzene rings is 3. The van der Waals surface area contributed by atoms with Crippen molar-refractivity contribution in [2.45, 2.75) is 25.7 Å². The number of aryl methyl sites for hydroxylation is 1. The van der Waals surface area contributed by atoms with E-state index in [-0.39, 0.29) is 10.5 Å². The first kappa shape index (κ1) is 20.6. The smallest absolute Gasteiger partial charge is 0.276 e. The molecule has 5 nitrogen and oxygen atoms in total. The largest absolute Gasteiger partial charge is 0.493 e. The van der Waals surface area contributed by atoms with Crippen LogP contribution in [0, 0.1) is 13.8 Å². The zero-order valence-electron chi connectivity index (χ0n) is 16.6. The number of amides is 1. The number of hydrogen-bond donors (Lipinski definition) is 0. The minimum Gasteiger partial charge on any atom is -0.493 e. The van der Waals surface area contributed by atoms with E-state index >= 15 is 0 Å². The molecule has 0 aliphatic carbocycles. The van der Waals surface area contributed by atoms with Gasteiger partial charge in [-0.2, -0.15) is 4.31 Å². The maximum Gasteiger partial charge on any atom is 0.276 e. The summed E-state index contributed by atoms with van der Waals surface area (Å²) in [6, 6.07) is 19.9. The molecule has 0 saturated carbocycles. The van der Waals surface area contributed by atoms with Gasteiger partial charge in [-0.15, -0.1) is 0 Å². The fourth-order valence-corrected chi connectivity index (χ4v) is 4.52. The second-order valence-electron chi connectivity index (χ2n) is 6.54. The highest BCUT2D eigenvalue weighted by atomic mass is 32.2. The third kappa shape index (κ3) is 4.03. The van der Waals surface area contributed by atoms with Crippen molar-refractivity contribution >= 4 is 21.6 Å². The number of anilines is 1. The Balaban J connectivity index is 2.25. The minimum atomic E-state index is -4.14. The van der Waals surface area contributed by atoms with Crippen molar-refractivity contribution in [3.8, 4) is 5.75 Å². The van der Waals surface area contributed by atoms with Gasteiger partial charge in [0.1, 0.15) is 5.75 Å². The van der Waals surface area contributed by atoms with Crippen LogP contribution < -0.4 is 9.04 Å². The molecule has 0 heterocycles. The highest BCUT2D eigenvalue weighted by Gasteiger charge is 2.34. The Kier molecular flexibility index (Phi) is 6.03. The Morgan fingerprint density at radius 3 is 2.24 bits per heavy atom. The van der Waals surface area contributed by atoms with Gasteiger partial charge in [-0.1, -0.05) is 42.5 Å². The Morgan fingerprint density at radius 2 is 1.55 bits per heavy atom. The van der Waals surface area contributed by atoms with Gasteiger partial charge in [0, 0.05) is 0 Å². The molecule has 0 bridgehead atoms. The van der Waals surface area contributed by atoms with Crippen molar-refractivity contribution in [3.63, 3.8) is 0 Å². The van der Waals surface area contributed by atoms with Gasteiger partial charge in [0.15, 0.2) is 0 Å². The van der Waals surface area contributed by atoms with E-state index in [1.54, 1.807) is 61.5 Å². The van der Waals surface area contributed by atoms with Gasteiger partial charge in [0.25, 0.3) is 15.9 Å². The lowest BCUT2D eigenvalue weighted by atomic mass is 10.1. The summed E-state index contributed by atoms with van der Waals surface area (Å²) in [4.78, 5) is 13.6. The molecule has 0 atom stereocenters. The van der Waals surface area contributed by atoms with Crippen LogP contribution in [0.4, 0.5) is 5.69 Å². The van der Waals surface area contributed by atoms with Crippen LogP contribution in [0.1, 0.15) is 28.4 Å². The Labute approximate surface area is 171 Å². The average molecular weight is 410 g/mol. The van der Waals surface area contributed by atoms with Crippen molar-refractivity contribution in [1.29, 1.82) is 0 Å². The summed E-state index contributed by atoms with van der Waals surface area (Å²) in [6.45, 7) is 5.86. The summed E-state index contributed by atoms with van der Waals surface area (Å²) in [5.74, 6) is -0.315. The lowest BCUT2D eigenvalue weighted by Gasteiger charge is -2.25. The van der Waals surface area contributed by atoms with Gasteiger partial charge >= 0.3 is 0 Å². The van der Waals surface area contributed by atoms with E-state index in [1.165, 1.54) is 12.1 Å². The number of sulfonamides is 1. The molecular formula is C23H23NO4S. The molecule has 29 heavy (non-hydrogen) atoms. The summed E-state index contributed by atoms with van der Waals surface area (Å²) >= 11 is 0. The first-order chi connectivity index (χ1) is 13.9. The molecule has 0 aliphatic heterocycles. The van der Waals surface area contributed by atoms with Gasteiger partial charge < -0.3 is 4.74 Å². The maximum atomic E-state index is 13.6. The third-order valence-corrected chi connectivity index (χ3v) is 6.39. The van der Waals surface area contributed by atoms with Gasteiger partial charge in [-0.05, 0) is 62.2 Å². The average Bonchev–Trinajstić information content (AvgIpc) is 2.72. The van der Waals surface area contributed by atoms with Crippen LogP contribution in [0.15, 0.2) is 77.7 Å². The number of carbonyl (C=O) groups is 1. The Bertz CT molecular complexity index is 1120. The van der Waals surface area contributed by atoms with Crippen molar-refractivity contribution < 1.29 is 17.9 Å². The van der Waals surface area contributed by atoms with Crippen molar-refractivity contribution in [1.82, 2.24) is 0 Å². The Hall–Kier alpha value is -3.12. The highest BCUT2D eigenvalue weighted by molar-refractivity contribution is 7.93. The number of ether oxygens (including phenoxy) is 1.